The molecular formula is C11H10FNO3. The van der Waals surface area contributed by atoms with Gasteiger partial charge in [-0.05, 0) is 24.6 Å². The lowest BCUT2D eigenvalue weighted by Gasteiger charge is -2.05. The summed E-state index contributed by atoms with van der Waals surface area (Å²) in [7, 11) is 0. The molecule has 0 unspecified atom stereocenters. The first-order valence-electron chi connectivity index (χ1n) is 4.47. The Morgan fingerprint density at radius 3 is 2.69 bits per heavy atom. The highest BCUT2D eigenvalue weighted by Crippen LogP contribution is 2.15. The van der Waals surface area contributed by atoms with Crippen molar-refractivity contribution < 1.29 is 19.1 Å². The third-order valence-electron chi connectivity index (χ3n) is 1.83. The van der Waals surface area contributed by atoms with Crippen LogP contribution < -0.4 is 5.32 Å². The van der Waals surface area contributed by atoms with Crippen LogP contribution in [-0.2, 0) is 9.59 Å². The molecule has 0 heterocycles. The molecule has 0 aromatic heterocycles. The summed E-state index contributed by atoms with van der Waals surface area (Å²) in [6.07, 6.45) is 1.58. The summed E-state index contributed by atoms with van der Waals surface area (Å²) in [5.41, 5.74) is 1.01. The minimum atomic E-state index is -1.22. The van der Waals surface area contributed by atoms with Crippen LogP contribution in [0.5, 0.6) is 0 Å². The van der Waals surface area contributed by atoms with Gasteiger partial charge < -0.3 is 10.4 Å². The van der Waals surface area contributed by atoms with Gasteiger partial charge in [-0.25, -0.2) is 9.18 Å². The zero-order valence-corrected chi connectivity index (χ0v) is 8.53. The van der Waals surface area contributed by atoms with E-state index < -0.39 is 17.7 Å². The molecule has 84 valence electrons. The van der Waals surface area contributed by atoms with E-state index >= 15 is 0 Å². The monoisotopic (exact) mass is 223 g/mol. The highest BCUT2D eigenvalue weighted by atomic mass is 19.1. The third-order valence-corrected chi connectivity index (χ3v) is 1.83. The van der Waals surface area contributed by atoms with Crippen molar-refractivity contribution in [3.05, 3.63) is 41.7 Å². The van der Waals surface area contributed by atoms with Crippen molar-refractivity contribution in [1.82, 2.24) is 0 Å². The number of halogens is 1. The molecule has 1 rings (SSSR count). The standard InChI is InChI=1S/C11H10FNO3/c1-7-2-3-8(12)6-9(7)13-10(14)4-5-11(15)16/h2-6H,1H3,(H,13,14)(H,15,16)/b5-4-. The van der Waals surface area contributed by atoms with E-state index in [9.17, 15) is 14.0 Å². The van der Waals surface area contributed by atoms with Crippen LogP contribution in [0.1, 0.15) is 5.56 Å². The second-order valence-electron chi connectivity index (χ2n) is 3.12. The average molecular weight is 223 g/mol. The van der Waals surface area contributed by atoms with E-state index in [0.29, 0.717) is 17.3 Å². The van der Waals surface area contributed by atoms with E-state index in [2.05, 4.69) is 5.32 Å². The maximum absolute atomic E-state index is 12.8. The molecule has 1 aromatic rings. The van der Waals surface area contributed by atoms with Crippen LogP contribution in [0.3, 0.4) is 0 Å². The summed E-state index contributed by atoms with van der Waals surface area (Å²) < 4.78 is 12.8. The molecule has 0 fully saturated rings. The van der Waals surface area contributed by atoms with Crippen LogP contribution in [0.15, 0.2) is 30.4 Å². The fourth-order valence-corrected chi connectivity index (χ4v) is 1.05. The molecular weight excluding hydrogens is 213 g/mol. The molecule has 2 N–H and O–H groups in total. The van der Waals surface area contributed by atoms with E-state index in [4.69, 9.17) is 5.11 Å². The van der Waals surface area contributed by atoms with Crippen molar-refractivity contribution in [2.45, 2.75) is 6.92 Å². The Bertz CT molecular complexity index is 455. The van der Waals surface area contributed by atoms with Crippen LogP contribution in [0.25, 0.3) is 0 Å². The molecule has 5 heteroatoms. The summed E-state index contributed by atoms with van der Waals surface area (Å²) in [5.74, 6) is -2.30. The summed E-state index contributed by atoms with van der Waals surface area (Å²) >= 11 is 0. The molecule has 16 heavy (non-hydrogen) atoms. The van der Waals surface area contributed by atoms with Gasteiger partial charge >= 0.3 is 5.97 Å². The lowest BCUT2D eigenvalue weighted by molar-refractivity contribution is -0.131. The third kappa shape index (κ3) is 3.53. The number of hydrogen-bond acceptors (Lipinski definition) is 2. The van der Waals surface area contributed by atoms with Gasteiger partial charge in [-0.15, -0.1) is 0 Å². The number of benzene rings is 1. The predicted octanol–water partition coefficient (Wildman–Crippen LogP) is 1.71. The predicted molar refractivity (Wildman–Crippen MR) is 56.5 cm³/mol. The molecule has 1 aromatic carbocycles. The van der Waals surface area contributed by atoms with Gasteiger partial charge in [0.15, 0.2) is 0 Å². The molecule has 0 saturated heterocycles. The van der Waals surface area contributed by atoms with E-state index in [0.717, 1.165) is 6.08 Å². The maximum atomic E-state index is 12.8. The smallest absolute Gasteiger partial charge is 0.328 e. The summed E-state index contributed by atoms with van der Waals surface area (Å²) in [4.78, 5) is 21.3. The Morgan fingerprint density at radius 2 is 2.06 bits per heavy atom. The molecule has 0 radical (unpaired) electrons. The molecule has 0 spiro atoms. The highest BCUT2D eigenvalue weighted by molar-refractivity contribution is 6.02. The zero-order chi connectivity index (χ0) is 12.1. The maximum Gasteiger partial charge on any atom is 0.328 e. The Morgan fingerprint density at radius 1 is 1.38 bits per heavy atom. The summed E-state index contributed by atoms with van der Waals surface area (Å²) in [5, 5.41) is 10.7. The zero-order valence-electron chi connectivity index (χ0n) is 8.53. The van der Waals surface area contributed by atoms with Gasteiger partial charge in [-0.1, -0.05) is 6.07 Å². The normalized spacial score (nSPS) is 10.4. The van der Waals surface area contributed by atoms with Crippen LogP contribution in [0.4, 0.5) is 10.1 Å². The van der Waals surface area contributed by atoms with Crippen molar-refractivity contribution in [3.8, 4) is 0 Å². The summed E-state index contributed by atoms with van der Waals surface area (Å²) in [6, 6.07) is 3.96. The summed E-state index contributed by atoms with van der Waals surface area (Å²) in [6.45, 7) is 1.70. The lowest BCUT2D eigenvalue weighted by Crippen LogP contribution is -2.10. The minimum absolute atomic E-state index is 0.319. The fraction of sp³-hybridized carbons (Fsp3) is 0.0909. The van der Waals surface area contributed by atoms with Crippen molar-refractivity contribution >= 4 is 17.6 Å². The second kappa shape index (κ2) is 5.06. The Balaban J connectivity index is 2.77. The van der Waals surface area contributed by atoms with Gasteiger partial charge in [-0.3, -0.25) is 4.79 Å². The lowest BCUT2D eigenvalue weighted by atomic mass is 10.2. The van der Waals surface area contributed by atoms with Gasteiger partial charge in [-0.2, -0.15) is 0 Å². The number of carbonyl (C=O) groups excluding carboxylic acids is 1. The van der Waals surface area contributed by atoms with E-state index in [1.165, 1.54) is 18.2 Å². The topological polar surface area (TPSA) is 66.4 Å². The van der Waals surface area contributed by atoms with Crippen molar-refractivity contribution in [1.29, 1.82) is 0 Å². The number of hydrogen-bond donors (Lipinski definition) is 2. The molecule has 0 aliphatic rings. The van der Waals surface area contributed by atoms with E-state index in [-0.39, 0.29) is 0 Å². The molecule has 0 aliphatic heterocycles. The molecule has 0 atom stereocenters. The number of amides is 1. The number of carboxylic acid groups (broad SMARTS) is 1. The first kappa shape index (κ1) is 11.9. The second-order valence-corrected chi connectivity index (χ2v) is 3.12. The van der Waals surface area contributed by atoms with Crippen LogP contribution in [0, 0.1) is 12.7 Å². The Kier molecular flexibility index (Phi) is 3.77. The van der Waals surface area contributed by atoms with Gasteiger partial charge in [0.05, 0.1) is 0 Å². The van der Waals surface area contributed by atoms with Gasteiger partial charge in [0.2, 0.25) is 5.91 Å². The molecule has 0 aliphatic carbocycles. The number of carbonyl (C=O) groups is 2. The minimum Gasteiger partial charge on any atom is -0.478 e. The van der Waals surface area contributed by atoms with Crippen LogP contribution in [-0.4, -0.2) is 17.0 Å². The SMILES string of the molecule is Cc1ccc(F)cc1NC(=O)/C=C\C(=O)O. The highest BCUT2D eigenvalue weighted by Gasteiger charge is 2.03. The van der Waals surface area contributed by atoms with E-state index in [1.807, 2.05) is 0 Å². The Labute approximate surface area is 91.4 Å². The number of aliphatic carboxylic acids is 1. The van der Waals surface area contributed by atoms with Gasteiger partial charge in [0.1, 0.15) is 5.82 Å². The fourth-order valence-electron chi connectivity index (χ4n) is 1.05. The van der Waals surface area contributed by atoms with Gasteiger partial charge in [0.25, 0.3) is 0 Å². The van der Waals surface area contributed by atoms with Crippen molar-refractivity contribution in [2.75, 3.05) is 5.32 Å². The molecule has 0 bridgehead atoms. The van der Waals surface area contributed by atoms with Crippen LogP contribution in [0.2, 0.25) is 0 Å². The quantitative estimate of drug-likeness (QED) is 0.766. The molecule has 1 amide bonds. The Hall–Kier alpha value is -2.17. The number of nitrogens with one attached hydrogen (secondary N) is 1. The molecule has 0 saturated carbocycles. The van der Waals surface area contributed by atoms with E-state index in [1.54, 1.807) is 6.92 Å². The van der Waals surface area contributed by atoms with Crippen molar-refractivity contribution in [2.24, 2.45) is 0 Å². The average Bonchev–Trinajstić information content (AvgIpc) is 2.20. The van der Waals surface area contributed by atoms with Crippen molar-refractivity contribution in [3.63, 3.8) is 0 Å². The first-order chi connectivity index (χ1) is 7.49. The van der Waals surface area contributed by atoms with Crippen LogP contribution >= 0.6 is 0 Å². The van der Waals surface area contributed by atoms with Gasteiger partial charge in [0, 0.05) is 17.8 Å². The first-order valence-corrected chi connectivity index (χ1v) is 4.47. The number of rotatable bonds is 3. The largest absolute Gasteiger partial charge is 0.478 e. The number of carboxylic acids is 1. The number of aryl methyl sites for hydroxylation is 1. The number of anilines is 1. The molecule has 4 nitrogen and oxygen atoms in total.